The second kappa shape index (κ2) is 10.8. The van der Waals surface area contributed by atoms with Gasteiger partial charge in [-0.2, -0.15) is 0 Å². The molecule has 1 fully saturated rings. The summed E-state index contributed by atoms with van der Waals surface area (Å²) in [5.74, 6) is 1.86. The molecule has 2 aliphatic rings. The maximum Gasteiger partial charge on any atom is 0.293 e. The van der Waals surface area contributed by atoms with Crippen molar-refractivity contribution in [2.24, 2.45) is 0 Å². The number of hydrogen-bond donors (Lipinski definition) is 0. The molecule has 9 heteroatoms. The Kier molecular flexibility index (Phi) is 7.30. The Hall–Kier alpha value is -3.62. The minimum absolute atomic E-state index is 0.0351. The standard InChI is InChI=1S/C28H24ClNO6S/c1-3-33-23-10-18(7-8-22(23)34-15-19-6-4-5-17(2)9-19)11-26-27(31)30(28(32)37-26)14-20-12-24-25(13-21(20)29)36-16-35-24/h4-13H,3,14-16H2,1-2H3/b26-11-. The molecular weight excluding hydrogens is 514 g/mol. The Balaban J connectivity index is 1.32. The summed E-state index contributed by atoms with van der Waals surface area (Å²) in [4.78, 5) is 27.3. The number of fused-ring (bicyclic) bond motifs is 1. The first-order valence-corrected chi connectivity index (χ1v) is 12.9. The number of halogens is 1. The van der Waals surface area contributed by atoms with E-state index in [0.29, 0.717) is 51.7 Å². The zero-order valence-corrected chi connectivity index (χ0v) is 21.9. The fourth-order valence-corrected chi connectivity index (χ4v) is 5.06. The molecule has 3 aromatic rings. The molecule has 2 amide bonds. The van der Waals surface area contributed by atoms with Gasteiger partial charge < -0.3 is 18.9 Å². The molecule has 0 aliphatic carbocycles. The van der Waals surface area contributed by atoms with E-state index in [1.165, 1.54) is 4.90 Å². The monoisotopic (exact) mass is 537 g/mol. The van der Waals surface area contributed by atoms with Crippen molar-refractivity contribution in [2.45, 2.75) is 27.0 Å². The molecule has 0 aromatic heterocycles. The van der Waals surface area contributed by atoms with E-state index in [2.05, 4.69) is 6.07 Å². The van der Waals surface area contributed by atoms with E-state index in [-0.39, 0.29) is 24.5 Å². The molecule has 3 aromatic carbocycles. The number of thioether (sulfide) groups is 1. The summed E-state index contributed by atoms with van der Waals surface area (Å²) in [6.45, 7) is 4.94. The van der Waals surface area contributed by atoms with Crippen molar-refractivity contribution >= 4 is 40.6 Å². The van der Waals surface area contributed by atoms with Crippen LogP contribution in [0.1, 0.15) is 29.2 Å². The van der Waals surface area contributed by atoms with Crippen LogP contribution >= 0.6 is 23.4 Å². The van der Waals surface area contributed by atoms with Crippen LogP contribution < -0.4 is 18.9 Å². The molecular formula is C28H24ClNO6S. The predicted molar refractivity (Wildman–Crippen MR) is 142 cm³/mol. The molecule has 0 bridgehead atoms. The van der Waals surface area contributed by atoms with Gasteiger partial charge in [-0.05, 0) is 66.6 Å². The van der Waals surface area contributed by atoms with Gasteiger partial charge in [-0.3, -0.25) is 14.5 Å². The van der Waals surface area contributed by atoms with Gasteiger partial charge in [0, 0.05) is 11.1 Å². The first-order chi connectivity index (χ1) is 17.9. The van der Waals surface area contributed by atoms with Crippen molar-refractivity contribution in [3.05, 3.63) is 86.8 Å². The Morgan fingerprint density at radius 3 is 2.62 bits per heavy atom. The largest absolute Gasteiger partial charge is 0.490 e. The number of rotatable bonds is 8. The first kappa shape index (κ1) is 25.0. The summed E-state index contributed by atoms with van der Waals surface area (Å²) in [5.41, 5.74) is 3.54. The Morgan fingerprint density at radius 2 is 1.84 bits per heavy atom. The third-order valence-corrected chi connectivity index (χ3v) is 7.05. The molecule has 7 nitrogen and oxygen atoms in total. The van der Waals surface area contributed by atoms with Gasteiger partial charge in [-0.15, -0.1) is 0 Å². The van der Waals surface area contributed by atoms with Crippen LogP contribution in [0.2, 0.25) is 5.02 Å². The summed E-state index contributed by atoms with van der Waals surface area (Å²) in [7, 11) is 0. The van der Waals surface area contributed by atoms with Gasteiger partial charge in [0.2, 0.25) is 6.79 Å². The third kappa shape index (κ3) is 5.55. The number of aryl methyl sites for hydroxylation is 1. The van der Waals surface area contributed by atoms with Crippen LogP contribution in [0.3, 0.4) is 0 Å². The van der Waals surface area contributed by atoms with Crippen molar-refractivity contribution in [2.75, 3.05) is 13.4 Å². The van der Waals surface area contributed by atoms with Crippen LogP contribution in [0.5, 0.6) is 23.0 Å². The normalized spacial score (nSPS) is 15.5. The van der Waals surface area contributed by atoms with Crippen LogP contribution in [0.4, 0.5) is 4.79 Å². The number of amides is 2. The average Bonchev–Trinajstić information content (AvgIpc) is 3.43. The topological polar surface area (TPSA) is 74.3 Å². The van der Waals surface area contributed by atoms with E-state index < -0.39 is 0 Å². The van der Waals surface area contributed by atoms with Gasteiger partial charge >= 0.3 is 0 Å². The molecule has 0 N–H and O–H groups in total. The fourth-order valence-electron chi connectivity index (χ4n) is 4.00. The molecule has 0 radical (unpaired) electrons. The van der Waals surface area contributed by atoms with Crippen LogP contribution in [0.15, 0.2) is 59.5 Å². The van der Waals surface area contributed by atoms with Crippen molar-refractivity contribution in [3.63, 3.8) is 0 Å². The van der Waals surface area contributed by atoms with Gasteiger partial charge in [0.05, 0.1) is 18.1 Å². The quantitative estimate of drug-likeness (QED) is 0.300. The van der Waals surface area contributed by atoms with Gasteiger partial charge in [0.25, 0.3) is 11.1 Å². The number of nitrogens with zero attached hydrogens (tertiary/aromatic N) is 1. The number of ether oxygens (including phenoxy) is 4. The minimum Gasteiger partial charge on any atom is -0.490 e. The molecule has 37 heavy (non-hydrogen) atoms. The molecule has 0 saturated carbocycles. The molecule has 0 atom stereocenters. The lowest BCUT2D eigenvalue weighted by molar-refractivity contribution is -0.123. The Morgan fingerprint density at radius 1 is 1.03 bits per heavy atom. The van der Waals surface area contributed by atoms with E-state index >= 15 is 0 Å². The SMILES string of the molecule is CCOc1cc(/C=C2\SC(=O)N(Cc3cc4c(cc3Cl)OCO4)C2=O)ccc1OCc1cccc(C)c1. The number of hydrogen-bond acceptors (Lipinski definition) is 7. The second-order valence-corrected chi connectivity index (χ2v) is 9.88. The first-order valence-electron chi connectivity index (χ1n) is 11.7. The lowest BCUT2D eigenvalue weighted by Gasteiger charge is -2.14. The van der Waals surface area contributed by atoms with Gasteiger partial charge in [0.1, 0.15) is 6.61 Å². The van der Waals surface area contributed by atoms with Gasteiger partial charge in [0.15, 0.2) is 23.0 Å². The number of carbonyl (C=O) groups is 2. The molecule has 2 heterocycles. The summed E-state index contributed by atoms with van der Waals surface area (Å²) >= 11 is 7.24. The highest BCUT2D eigenvalue weighted by atomic mass is 35.5. The molecule has 0 spiro atoms. The number of benzene rings is 3. The Labute approximate surface area is 223 Å². The highest BCUT2D eigenvalue weighted by Crippen LogP contribution is 2.40. The van der Waals surface area contributed by atoms with Crippen LogP contribution in [0, 0.1) is 6.92 Å². The zero-order valence-electron chi connectivity index (χ0n) is 20.3. The molecule has 1 saturated heterocycles. The zero-order chi connectivity index (χ0) is 25.9. The Bertz CT molecular complexity index is 1410. The van der Waals surface area contributed by atoms with Gasteiger partial charge in [-0.25, -0.2) is 0 Å². The lowest BCUT2D eigenvalue weighted by Crippen LogP contribution is -2.27. The molecule has 0 unspecified atom stereocenters. The van der Waals surface area contributed by atoms with E-state index in [9.17, 15) is 9.59 Å². The molecule has 2 aliphatic heterocycles. The molecule has 190 valence electrons. The maximum atomic E-state index is 13.1. The fraction of sp³-hybridized carbons (Fsp3) is 0.214. The average molecular weight is 538 g/mol. The van der Waals surface area contributed by atoms with Gasteiger partial charge in [-0.1, -0.05) is 47.5 Å². The van der Waals surface area contributed by atoms with E-state index in [1.54, 1.807) is 24.3 Å². The molecule has 5 rings (SSSR count). The van der Waals surface area contributed by atoms with Crippen molar-refractivity contribution < 1.29 is 28.5 Å². The number of carbonyl (C=O) groups excluding carboxylic acids is 2. The maximum absolute atomic E-state index is 13.1. The predicted octanol–water partition coefficient (Wildman–Crippen LogP) is 6.59. The van der Waals surface area contributed by atoms with E-state index in [4.69, 9.17) is 30.5 Å². The number of imide groups is 1. The van der Waals surface area contributed by atoms with Crippen molar-refractivity contribution in [1.29, 1.82) is 0 Å². The summed E-state index contributed by atoms with van der Waals surface area (Å²) in [6.07, 6.45) is 1.68. The lowest BCUT2D eigenvalue weighted by atomic mass is 10.1. The highest BCUT2D eigenvalue weighted by molar-refractivity contribution is 8.18. The van der Waals surface area contributed by atoms with Crippen LogP contribution in [-0.4, -0.2) is 29.4 Å². The second-order valence-electron chi connectivity index (χ2n) is 8.48. The van der Waals surface area contributed by atoms with Crippen LogP contribution in [0.25, 0.3) is 6.08 Å². The van der Waals surface area contributed by atoms with E-state index in [0.717, 1.165) is 28.5 Å². The smallest absolute Gasteiger partial charge is 0.293 e. The van der Waals surface area contributed by atoms with Crippen molar-refractivity contribution in [1.82, 2.24) is 4.90 Å². The van der Waals surface area contributed by atoms with Crippen molar-refractivity contribution in [3.8, 4) is 23.0 Å². The summed E-state index contributed by atoms with van der Waals surface area (Å²) in [5, 5.41) is 0.0306. The third-order valence-electron chi connectivity index (χ3n) is 5.79. The van der Waals surface area contributed by atoms with E-state index in [1.807, 2.05) is 44.2 Å². The highest BCUT2D eigenvalue weighted by Gasteiger charge is 2.35. The summed E-state index contributed by atoms with van der Waals surface area (Å²) in [6, 6.07) is 16.9. The minimum atomic E-state index is -0.388. The van der Waals surface area contributed by atoms with Crippen LogP contribution in [-0.2, 0) is 17.9 Å². The summed E-state index contributed by atoms with van der Waals surface area (Å²) < 4.78 is 22.5.